The molecular weight excluding hydrogens is 306 g/mol. The monoisotopic (exact) mass is 331 g/mol. The summed E-state index contributed by atoms with van der Waals surface area (Å²) in [6, 6.07) is 5.47. The highest BCUT2D eigenvalue weighted by molar-refractivity contribution is 5.95. The molecule has 2 aliphatic rings. The molecule has 3 amide bonds. The van der Waals surface area contributed by atoms with Crippen molar-refractivity contribution < 1.29 is 14.3 Å². The number of hydrogen-bond donors (Lipinski definition) is 2. The summed E-state index contributed by atoms with van der Waals surface area (Å²) in [5.41, 5.74) is 1.60. The van der Waals surface area contributed by atoms with Crippen LogP contribution in [0.2, 0.25) is 0 Å². The van der Waals surface area contributed by atoms with E-state index in [4.69, 9.17) is 4.74 Å². The molecule has 130 valence electrons. The minimum atomic E-state index is -0.157. The number of rotatable bonds is 3. The average molecular weight is 331 g/mol. The van der Waals surface area contributed by atoms with Gasteiger partial charge in [-0.1, -0.05) is 19.4 Å². The fourth-order valence-corrected chi connectivity index (χ4v) is 3.31. The molecule has 0 aliphatic carbocycles. The van der Waals surface area contributed by atoms with Crippen molar-refractivity contribution in [1.82, 2.24) is 10.2 Å². The summed E-state index contributed by atoms with van der Waals surface area (Å²) in [7, 11) is 0. The molecule has 24 heavy (non-hydrogen) atoms. The second-order valence-corrected chi connectivity index (χ2v) is 6.63. The standard InChI is InChI=1S/C18H25N3O3/c1-3-13-5-4-8-21(10-13)18(23)19-12(2)14-6-7-16-15(9-14)20-17(22)11-24-16/h6-7,9,12-13H,3-5,8,10-11H2,1-2H3,(H,19,23)(H,20,22)/t12-,13-/m0/s1. The third-order valence-electron chi connectivity index (χ3n) is 4.86. The van der Waals surface area contributed by atoms with E-state index in [0.29, 0.717) is 17.4 Å². The zero-order valence-electron chi connectivity index (χ0n) is 14.3. The van der Waals surface area contributed by atoms with Gasteiger partial charge >= 0.3 is 6.03 Å². The lowest BCUT2D eigenvalue weighted by Crippen LogP contribution is -2.46. The Hall–Kier alpha value is -2.24. The van der Waals surface area contributed by atoms with Gasteiger partial charge in [0.2, 0.25) is 0 Å². The molecule has 0 saturated carbocycles. The number of benzene rings is 1. The van der Waals surface area contributed by atoms with Crippen molar-refractivity contribution in [1.29, 1.82) is 0 Å². The largest absolute Gasteiger partial charge is 0.482 e. The maximum absolute atomic E-state index is 12.5. The number of hydrogen-bond acceptors (Lipinski definition) is 3. The van der Waals surface area contributed by atoms with Crippen LogP contribution in [0, 0.1) is 5.92 Å². The van der Waals surface area contributed by atoms with Crippen molar-refractivity contribution in [3.63, 3.8) is 0 Å². The SMILES string of the molecule is CC[C@H]1CCCN(C(=O)N[C@@H](C)c2ccc3c(c2)NC(=O)CO3)C1. The molecule has 2 heterocycles. The molecule has 2 aliphatic heterocycles. The van der Waals surface area contributed by atoms with Crippen LogP contribution in [0.5, 0.6) is 5.75 Å². The van der Waals surface area contributed by atoms with Gasteiger partial charge in [0, 0.05) is 13.1 Å². The summed E-state index contributed by atoms with van der Waals surface area (Å²) >= 11 is 0. The zero-order valence-corrected chi connectivity index (χ0v) is 14.3. The Morgan fingerprint density at radius 2 is 2.33 bits per heavy atom. The van der Waals surface area contributed by atoms with Crippen LogP contribution in [0.15, 0.2) is 18.2 Å². The van der Waals surface area contributed by atoms with Gasteiger partial charge in [0.05, 0.1) is 11.7 Å². The quantitative estimate of drug-likeness (QED) is 0.894. The van der Waals surface area contributed by atoms with Crippen molar-refractivity contribution in [3.8, 4) is 5.75 Å². The number of urea groups is 1. The molecule has 6 nitrogen and oxygen atoms in total. The highest BCUT2D eigenvalue weighted by Gasteiger charge is 2.24. The summed E-state index contributed by atoms with van der Waals surface area (Å²) in [4.78, 5) is 25.9. The topological polar surface area (TPSA) is 70.7 Å². The molecule has 0 radical (unpaired) electrons. The number of carbonyl (C=O) groups is 2. The highest BCUT2D eigenvalue weighted by atomic mass is 16.5. The minimum Gasteiger partial charge on any atom is -0.482 e. The maximum Gasteiger partial charge on any atom is 0.317 e. The molecule has 2 atom stereocenters. The van der Waals surface area contributed by atoms with Crippen LogP contribution in [-0.2, 0) is 4.79 Å². The van der Waals surface area contributed by atoms with Gasteiger partial charge in [0.25, 0.3) is 5.91 Å². The first kappa shape index (κ1) is 16.6. The van der Waals surface area contributed by atoms with Crippen molar-refractivity contribution in [2.24, 2.45) is 5.92 Å². The Morgan fingerprint density at radius 1 is 1.50 bits per heavy atom. The van der Waals surface area contributed by atoms with Crippen LogP contribution in [0.25, 0.3) is 0 Å². The molecule has 1 saturated heterocycles. The first-order valence-electron chi connectivity index (χ1n) is 8.69. The van der Waals surface area contributed by atoms with Gasteiger partial charge < -0.3 is 20.3 Å². The van der Waals surface area contributed by atoms with Gasteiger partial charge in [-0.2, -0.15) is 0 Å². The van der Waals surface area contributed by atoms with E-state index in [-0.39, 0.29) is 24.6 Å². The third-order valence-corrected chi connectivity index (χ3v) is 4.86. The number of amides is 3. The van der Waals surface area contributed by atoms with E-state index in [1.807, 2.05) is 30.0 Å². The van der Waals surface area contributed by atoms with E-state index in [0.717, 1.165) is 31.5 Å². The predicted molar refractivity (Wildman–Crippen MR) is 92.1 cm³/mol. The van der Waals surface area contributed by atoms with E-state index in [9.17, 15) is 9.59 Å². The zero-order chi connectivity index (χ0) is 17.1. The van der Waals surface area contributed by atoms with Crippen LogP contribution in [0.4, 0.5) is 10.5 Å². The van der Waals surface area contributed by atoms with E-state index >= 15 is 0 Å². The Morgan fingerprint density at radius 3 is 3.12 bits per heavy atom. The van der Waals surface area contributed by atoms with Gasteiger partial charge in [-0.25, -0.2) is 4.79 Å². The summed E-state index contributed by atoms with van der Waals surface area (Å²) in [5.74, 6) is 1.12. The molecule has 0 unspecified atom stereocenters. The van der Waals surface area contributed by atoms with E-state index in [1.165, 1.54) is 6.42 Å². The fourth-order valence-electron chi connectivity index (χ4n) is 3.31. The predicted octanol–water partition coefficient (Wildman–Crippen LogP) is 2.91. The normalized spacial score (nSPS) is 21.3. The summed E-state index contributed by atoms with van der Waals surface area (Å²) in [5, 5.41) is 5.86. The Bertz CT molecular complexity index is 632. The molecule has 0 bridgehead atoms. The van der Waals surface area contributed by atoms with Gasteiger partial charge in [-0.05, 0) is 43.4 Å². The smallest absolute Gasteiger partial charge is 0.317 e. The maximum atomic E-state index is 12.5. The molecule has 1 aromatic carbocycles. The van der Waals surface area contributed by atoms with Crippen LogP contribution in [0.1, 0.15) is 44.7 Å². The van der Waals surface area contributed by atoms with Crippen molar-refractivity contribution in [2.75, 3.05) is 25.0 Å². The van der Waals surface area contributed by atoms with Crippen molar-refractivity contribution in [2.45, 2.75) is 39.2 Å². The van der Waals surface area contributed by atoms with Gasteiger partial charge in [0.1, 0.15) is 5.75 Å². The Kier molecular flexibility index (Phi) is 4.92. The molecule has 3 rings (SSSR count). The molecule has 6 heteroatoms. The summed E-state index contributed by atoms with van der Waals surface area (Å²) in [6.45, 7) is 5.84. The molecule has 1 fully saturated rings. The number of fused-ring (bicyclic) bond motifs is 1. The number of ether oxygens (including phenoxy) is 1. The second kappa shape index (κ2) is 7.11. The fraction of sp³-hybridized carbons (Fsp3) is 0.556. The Labute approximate surface area is 142 Å². The van der Waals surface area contributed by atoms with Crippen molar-refractivity contribution >= 4 is 17.6 Å². The summed E-state index contributed by atoms with van der Waals surface area (Å²) in [6.07, 6.45) is 3.40. The van der Waals surface area contributed by atoms with E-state index in [1.54, 1.807) is 0 Å². The van der Waals surface area contributed by atoms with Crippen LogP contribution in [-0.4, -0.2) is 36.5 Å². The van der Waals surface area contributed by atoms with E-state index in [2.05, 4.69) is 17.6 Å². The van der Waals surface area contributed by atoms with Crippen LogP contribution >= 0.6 is 0 Å². The lowest BCUT2D eigenvalue weighted by Gasteiger charge is -2.33. The number of anilines is 1. The summed E-state index contributed by atoms with van der Waals surface area (Å²) < 4.78 is 5.36. The number of piperidine rings is 1. The van der Waals surface area contributed by atoms with Gasteiger partial charge in [0.15, 0.2) is 6.61 Å². The number of nitrogens with zero attached hydrogens (tertiary/aromatic N) is 1. The lowest BCUT2D eigenvalue weighted by atomic mass is 9.96. The van der Waals surface area contributed by atoms with Crippen LogP contribution < -0.4 is 15.4 Å². The molecule has 0 aromatic heterocycles. The molecule has 2 N–H and O–H groups in total. The van der Waals surface area contributed by atoms with Crippen molar-refractivity contribution in [3.05, 3.63) is 23.8 Å². The third kappa shape index (κ3) is 3.63. The van der Waals surface area contributed by atoms with Gasteiger partial charge in [-0.3, -0.25) is 4.79 Å². The number of likely N-dealkylation sites (tertiary alicyclic amines) is 1. The minimum absolute atomic E-state index is 0.0151. The number of carbonyl (C=O) groups excluding carboxylic acids is 2. The first-order valence-corrected chi connectivity index (χ1v) is 8.69. The average Bonchev–Trinajstić information content (AvgIpc) is 2.61. The lowest BCUT2D eigenvalue weighted by molar-refractivity contribution is -0.118. The van der Waals surface area contributed by atoms with Crippen LogP contribution in [0.3, 0.4) is 0 Å². The molecule has 1 aromatic rings. The number of nitrogens with one attached hydrogen (secondary N) is 2. The molecule has 0 spiro atoms. The van der Waals surface area contributed by atoms with E-state index < -0.39 is 0 Å². The second-order valence-electron chi connectivity index (χ2n) is 6.63. The first-order chi connectivity index (χ1) is 11.6. The highest BCUT2D eigenvalue weighted by Crippen LogP contribution is 2.30. The molecular formula is C18H25N3O3. The Balaban J connectivity index is 1.64. The van der Waals surface area contributed by atoms with Gasteiger partial charge in [-0.15, -0.1) is 0 Å².